The van der Waals surface area contributed by atoms with Gasteiger partial charge in [0.15, 0.2) is 0 Å². The molecule has 0 unspecified atom stereocenters. The monoisotopic (exact) mass is 297 g/mol. The number of allylic oxidation sites excluding steroid dienone is 1. The number of nitrogens with one attached hydrogen (secondary N) is 1. The zero-order chi connectivity index (χ0) is 15.5. The highest BCUT2D eigenvalue weighted by Crippen LogP contribution is 2.19. The molecule has 0 bridgehead atoms. The van der Waals surface area contributed by atoms with Gasteiger partial charge in [-0.2, -0.15) is 0 Å². The summed E-state index contributed by atoms with van der Waals surface area (Å²) in [6.07, 6.45) is 10.2. The van der Waals surface area contributed by atoms with Crippen molar-refractivity contribution in [2.45, 2.75) is 46.0 Å². The van der Waals surface area contributed by atoms with Gasteiger partial charge in [0.25, 0.3) is 5.91 Å². The highest BCUT2D eigenvalue weighted by molar-refractivity contribution is 5.94. The first-order valence-corrected chi connectivity index (χ1v) is 8.06. The van der Waals surface area contributed by atoms with E-state index >= 15 is 0 Å². The van der Waals surface area contributed by atoms with Gasteiger partial charge in [-0.05, 0) is 57.6 Å². The molecule has 0 spiro atoms. The van der Waals surface area contributed by atoms with E-state index in [-0.39, 0.29) is 5.91 Å². The molecule has 4 heteroatoms. The van der Waals surface area contributed by atoms with Crippen LogP contribution < -0.4 is 5.32 Å². The lowest BCUT2D eigenvalue weighted by atomic mass is 9.97. The van der Waals surface area contributed by atoms with E-state index in [9.17, 15) is 4.79 Å². The SMILES string of the molecule is Cc1ccc2nc(C)c(C(=O)NCCC3=CCCCC3)n2c1. The Kier molecular flexibility index (Phi) is 4.27. The van der Waals surface area contributed by atoms with E-state index in [2.05, 4.69) is 16.4 Å². The fraction of sp³-hybridized carbons (Fsp3) is 0.444. The molecule has 116 valence electrons. The third kappa shape index (κ3) is 3.06. The van der Waals surface area contributed by atoms with Crippen molar-refractivity contribution in [1.82, 2.24) is 14.7 Å². The second kappa shape index (κ2) is 6.34. The van der Waals surface area contributed by atoms with Gasteiger partial charge in [-0.25, -0.2) is 4.98 Å². The molecule has 3 rings (SSSR count). The molecule has 0 radical (unpaired) electrons. The summed E-state index contributed by atoms with van der Waals surface area (Å²) in [5, 5.41) is 3.04. The van der Waals surface area contributed by atoms with Gasteiger partial charge in [-0.3, -0.25) is 9.20 Å². The summed E-state index contributed by atoms with van der Waals surface area (Å²) >= 11 is 0. The van der Waals surface area contributed by atoms with Crippen LogP contribution in [0.15, 0.2) is 30.0 Å². The van der Waals surface area contributed by atoms with Gasteiger partial charge in [0.1, 0.15) is 11.3 Å². The van der Waals surface area contributed by atoms with Crippen LogP contribution in [0.5, 0.6) is 0 Å². The van der Waals surface area contributed by atoms with Crippen LogP contribution in [0.3, 0.4) is 0 Å². The summed E-state index contributed by atoms with van der Waals surface area (Å²) in [5.41, 5.74) is 4.85. The van der Waals surface area contributed by atoms with Crippen LogP contribution in [-0.2, 0) is 0 Å². The van der Waals surface area contributed by atoms with Crippen LogP contribution in [0.2, 0.25) is 0 Å². The molecule has 1 N–H and O–H groups in total. The molecule has 1 aliphatic rings. The zero-order valence-corrected chi connectivity index (χ0v) is 13.4. The Labute approximate surface area is 131 Å². The lowest BCUT2D eigenvalue weighted by Gasteiger charge is -2.13. The third-order valence-corrected chi connectivity index (χ3v) is 4.27. The lowest BCUT2D eigenvalue weighted by molar-refractivity contribution is 0.0947. The average Bonchev–Trinajstić information content (AvgIpc) is 2.83. The standard InChI is InChI=1S/C18H23N3O/c1-13-8-9-16-20-14(2)17(21(16)12-13)18(22)19-11-10-15-6-4-3-5-7-15/h6,8-9,12H,3-5,7,10-11H2,1-2H3,(H,19,22). The molecule has 2 aromatic rings. The maximum Gasteiger partial charge on any atom is 0.270 e. The van der Waals surface area contributed by atoms with E-state index in [0.29, 0.717) is 12.2 Å². The number of aromatic nitrogens is 2. The van der Waals surface area contributed by atoms with Crippen LogP contribution in [0.1, 0.15) is 53.8 Å². The maximum atomic E-state index is 12.5. The van der Waals surface area contributed by atoms with Gasteiger partial charge < -0.3 is 5.32 Å². The van der Waals surface area contributed by atoms with E-state index in [1.807, 2.05) is 36.6 Å². The molecular formula is C18H23N3O. The first-order valence-electron chi connectivity index (χ1n) is 8.06. The Morgan fingerprint density at radius 1 is 1.32 bits per heavy atom. The van der Waals surface area contributed by atoms with Crippen molar-refractivity contribution in [3.63, 3.8) is 0 Å². The number of fused-ring (bicyclic) bond motifs is 1. The number of amides is 1. The molecule has 0 atom stereocenters. The Morgan fingerprint density at radius 3 is 2.95 bits per heavy atom. The number of hydrogen-bond acceptors (Lipinski definition) is 2. The quantitative estimate of drug-likeness (QED) is 0.877. The molecule has 1 amide bonds. The summed E-state index contributed by atoms with van der Waals surface area (Å²) in [7, 11) is 0. The van der Waals surface area contributed by atoms with Crippen LogP contribution in [0.25, 0.3) is 5.65 Å². The Bertz CT molecular complexity index is 727. The fourth-order valence-corrected chi connectivity index (χ4v) is 3.09. The van der Waals surface area contributed by atoms with Crippen LogP contribution in [-0.4, -0.2) is 21.8 Å². The Hall–Kier alpha value is -2.10. The first kappa shape index (κ1) is 14.8. The Morgan fingerprint density at radius 2 is 2.18 bits per heavy atom. The number of rotatable bonds is 4. The van der Waals surface area contributed by atoms with Crippen molar-refractivity contribution < 1.29 is 4.79 Å². The van der Waals surface area contributed by atoms with E-state index < -0.39 is 0 Å². The minimum Gasteiger partial charge on any atom is -0.350 e. The molecule has 0 aliphatic heterocycles. The zero-order valence-electron chi connectivity index (χ0n) is 13.4. The second-order valence-electron chi connectivity index (χ2n) is 6.09. The summed E-state index contributed by atoms with van der Waals surface area (Å²) < 4.78 is 1.89. The number of carbonyl (C=O) groups is 1. The van der Waals surface area contributed by atoms with Gasteiger partial charge >= 0.3 is 0 Å². The smallest absolute Gasteiger partial charge is 0.270 e. The average molecular weight is 297 g/mol. The molecule has 2 aromatic heterocycles. The molecule has 0 saturated heterocycles. The van der Waals surface area contributed by atoms with Crippen LogP contribution >= 0.6 is 0 Å². The molecule has 0 fully saturated rings. The summed E-state index contributed by atoms with van der Waals surface area (Å²) in [6, 6.07) is 3.96. The van der Waals surface area contributed by atoms with Crippen molar-refractivity contribution in [1.29, 1.82) is 0 Å². The molecule has 4 nitrogen and oxygen atoms in total. The molecule has 0 aromatic carbocycles. The Balaban J connectivity index is 1.70. The summed E-state index contributed by atoms with van der Waals surface area (Å²) in [5.74, 6) is -0.0352. The van der Waals surface area contributed by atoms with Gasteiger partial charge in [-0.15, -0.1) is 0 Å². The molecule has 22 heavy (non-hydrogen) atoms. The minimum absolute atomic E-state index is 0.0352. The number of aryl methyl sites for hydroxylation is 2. The normalized spacial score (nSPS) is 14.9. The van der Waals surface area contributed by atoms with E-state index in [1.165, 1.54) is 31.3 Å². The topological polar surface area (TPSA) is 46.4 Å². The molecule has 2 heterocycles. The van der Waals surface area contributed by atoms with E-state index in [0.717, 1.165) is 23.3 Å². The van der Waals surface area contributed by atoms with Crippen molar-refractivity contribution in [3.05, 3.63) is 46.9 Å². The fourth-order valence-electron chi connectivity index (χ4n) is 3.09. The number of pyridine rings is 1. The molecule has 0 saturated carbocycles. The first-order chi connectivity index (χ1) is 10.6. The predicted molar refractivity (Wildman–Crippen MR) is 88.2 cm³/mol. The lowest BCUT2D eigenvalue weighted by Crippen LogP contribution is -2.26. The highest BCUT2D eigenvalue weighted by Gasteiger charge is 2.16. The second-order valence-corrected chi connectivity index (χ2v) is 6.09. The predicted octanol–water partition coefficient (Wildman–Crippen LogP) is 3.57. The highest BCUT2D eigenvalue weighted by atomic mass is 16.1. The van der Waals surface area contributed by atoms with Crippen molar-refractivity contribution >= 4 is 11.6 Å². The van der Waals surface area contributed by atoms with Gasteiger partial charge in [-0.1, -0.05) is 17.7 Å². The van der Waals surface area contributed by atoms with Crippen molar-refractivity contribution in [2.75, 3.05) is 6.54 Å². The number of imidazole rings is 1. The van der Waals surface area contributed by atoms with E-state index in [1.54, 1.807) is 0 Å². The third-order valence-electron chi connectivity index (χ3n) is 4.27. The maximum absolute atomic E-state index is 12.5. The van der Waals surface area contributed by atoms with E-state index in [4.69, 9.17) is 0 Å². The van der Waals surface area contributed by atoms with Crippen molar-refractivity contribution in [2.24, 2.45) is 0 Å². The van der Waals surface area contributed by atoms with Crippen molar-refractivity contribution in [3.8, 4) is 0 Å². The van der Waals surface area contributed by atoms with Crippen LogP contribution in [0, 0.1) is 13.8 Å². The number of hydrogen-bond donors (Lipinski definition) is 1. The molecular weight excluding hydrogens is 274 g/mol. The van der Waals surface area contributed by atoms with Gasteiger partial charge in [0.2, 0.25) is 0 Å². The van der Waals surface area contributed by atoms with Gasteiger partial charge in [0, 0.05) is 12.7 Å². The van der Waals surface area contributed by atoms with Crippen LogP contribution in [0.4, 0.5) is 0 Å². The number of carbonyl (C=O) groups excluding carboxylic acids is 1. The van der Waals surface area contributed by atoms with Gasteiger partial charge in [0.05, 0.1) is 5.69 Å². The summed E-state index contributed by atoms with van der Waals surface area (Å²) in [4.78, 5) is 17.0. The number of nitrogens with zero attached hydrogens (tertiary/aromatic N) is 2. The molecule has 1 aliphatic carbocycles. The largest absolute Gasteiger partial charge is 0.350 e. The summed E-state index contributed by atoms with van der Waals surface area (Å²) in [6.45, 7) is 4.61. The minimum atomic E-state index is -0.0352.